The van der Waals surface area contributed by atoms with E-state index in [1.807, 2.05) is 25.1 Å². The Morgan fingerprint density at radius 1 is 1.06 bits per heavy atom. The monoisotopic (exact) mass is 435 g/mol. The van der Waals surface area contributed by atoms with Crippen LogP contribution in [0.5, 0.6) is 11.6 Å². The molecule has 0 aliphatic heterocycles. The number of benzene rings is 1. The topological polar surface area (TPSA) is 99.0 Å². The normalized spacial score (nSPS) is 11.5. The molecule has 0 atom stereocenters. The fourth-order valence-corrected chi connectivity index (χ4v) is 3.67. The number of H-pyrrole nitrogens is 1. The van der Waals surface area contributed by atoms with E-state index >= 15 is 0 Å². The van der Waals surface area contributed by atoms with Crippen LogP contribution in [0.3, 0.4) is 0 Å². The summed E-state index contributed by atoms with van der Waals surface area (Å²) in [4.78, 5) is 16.7. The van der Waals surface area contributed by atoms with Crippen LogP contribution in [-0.4, -0.2) is 32.2 Å². The Morgan fingerprint density at radius 2 is 1.97 bits per heavy atom. The Hall–Kier alpha value is -3.49. The molecule has 4 aromatic heterocycles. The summed E-state index contributed by atoms with van der Waals surface area (Å²) < 4.78 is 17.1. The van der Waals surface area contributed by atoms with E-state index < -0.39 is 0 Å². The third-order valence-electron chi connectivity index (χ3n) is 4.92. The lowest BCUT2D eigenvalue weighted by Crippen LogP contribution is -1.97. The van der Waals surface area contributed by atoms with Gasteiger partial charge in [0.25, 0.3) is 5.89 Å². The molecule has 0 bridgehead atoms. The first-order valence-electron chi connectivity index (χ1n) is 9.71. The highest BCUT2D eigenvalue weighted by Gasteiger charge is 2.21. The zero-order chi connectivity index (χ0) is 21.4. The Morgan fingerprint density at radius 3 is 2.71 bits per heavy atom. The van der Waals surface area contributed by atoms with Crippen molar-refractivity contribution in [2.45, 2.75) is 20.0 Å². The van der Waals surface area contributed by atoms with Crippen LogP contribution in [0, 0.1) is 0 Å². The highest BCUT2D eigenvalue weighted by molar-refractivity contribution is 6.30. The highest BCUT2D eigenvalue weighted by Crippen LogP contribution is 2.39. The van der Waals surface area contributed by atoms with Gasteiger partial charge in [0.05, 0.1) is 34.2 Å². The van der Waals surface area contributed by atoms with Crippen molar-refractivity contribution in [2.24, 2.45) is 0 Å². The molecular formula is C22H18ClN5O3. The predicted octanol–water partition coefficient (Wildman–Crippen LogP) is 5.32. The summed E-state index contributed by atoms with van der Waals surface area (Å²) in [5, 5.41) is 6.36. The maximum Gasteiger partial charge on any atom is 0.276 e. The van der Waals surface area contributed by atoms with Gasteiger partial charge in [0.15, 0.2) is 5.82 Å². The first kappa shape index (κ1) is 19.5. The second kappa shape index (κ2) is 7.98. The van der Waals surface area contributed by atoms with Crippen molar-refractivity contribution in [3.8, 4) is 23.2 Å². The van der Waals surface area contributed by atoms with E-state index in [4.69, 9.17) is 25.6 Å². The first-order chi connectivity index (χ1) is 15.2. The Balaban J connectivity index is 1.74. The molecule has 5 aromatic rings. The lowest BCUT2D eigenvalue weighted by atomic mass is 10.0. The fraction of sp³-hybridized carbons (Fsp3) is 0.182. The van der Waals surface area contributed by atoms with Gasteiger partial charge in [-0.3, -0.25) is 0 Å². The Bertz CT molecular complexity index is 1380. The molecule has 1 aromatic carbocycles. The first-order valence-corrected chi connectivity index (χ1v) is 10.1. The van der Waals surface area contributed by atoms with E-state index in [0.29, 0.717) is 47.1 Å². The summed E-state index contributed by atoms with van der Waals surface area (Å²) in [6.45, 7) is 2.28. The molecule has 0 fully saturated rings. The van der Waals surface area contributed by atoms with Crippen LogP contribution < -0.4 is 4.74 Å². The van der Waals surface area contributed by atoms with E-state index in [9.17, 15) is 0 Å². The highest BCUT2D eigenvalue weighted by atomic mass is 35.5. The number of hydrogen-bond acceptors (Lipinski definition) is 7. The molecule has 31 heavy (non-hydrogen) atoms. The number of aryl methyl sites for hydroxylation is 1. The summed E-state index contributed by atoms with van der Waals surface area (Å²) >= 11 is 5.95. The number of nitrogens with one attached hydrogen (secondary N) is 1. The van der Waals surface area contributed by atoms with Crippen molar-refractivity contribution in [3.05, 3.63) is 59.1 Å². The van der Waals surface area contributed by atoms with Crippen molar-refractivity contribution in [3.63, 3.8) is 0 Å². The number of ether oxygens (including phenoxy) is 2. The van der Waals surface area contributed by atoms with Crippen molar-refractivity contribution >= 4 is 33.4 Å². The van der Waals surface area contributed by atoms with Crippen molar-refractivity contribution in [1.82, 2.24) is 25.1 Å². The molecule has 1 N–H and O–H groups in total. The molecule has 0 aliphatic carbocycles. The largest absolute Gasteiger partial charge is 0.438 e. The van der Waals surface area contributed by atoms with Crippen molar-refractivity contribution in [2.75, 3.05) is 7.11 Å². The van der Waals surface area contributed by atoms with Gasteiger partial charge in [-0.2, -0.15) is 4.98 Å². The van der Waals surface area contributed by atoms with E-state index in [1.54, 1.807) is 31.6 Å². The maximum atomic E-state index is 6.11. The number of nitrogens with zero attached hydrogens (tertiary/aromatic N) is 4. The minimum atomic E-state index is 0.310. The molecule has 0 amide bonds. The SMILES string of the molecule is CCc1noc(-c2ncc3[nH]c4cccc(Oc5ccc(Cl)cn5)c4c3c2COC)n1. The Kier molecular flexibility index (Phi) is 5.01. The van der Waals surface area contributed by atoms with Crippen LogP contribution in [0.25, 0.3) is 33.4 Å². The molecule has 0 radical (unpaired) electrons. The smallest absolute Gasteiger partial charge is 0.276 e. The lowest BCUT2D eigenvalue weighted by molar-refractivity contribution is 0.186. The summed E-state index contributed by atoms with van der Waals surface area (Å²) in [6, 6.07) is 9.25. The predicted molar refractivity (Wildman–Crippen MR) is 116 cm³/mol. The molecule has 0 unspecified atom stereocenters. The van der Waals surface area contributed by atoms with E-state index in [2.05, 4.69) is 25.1 Å². The zero-order valence-corrected chi connectivity index (χ0v) is 17.6. The third-order valence-corrected chi connectivity index (χ3v) is 5.14. The quantitative estimate of drug-likeness (QED) is 0.385. The van der Waals surface area contributed by atoms with Crippen LogP contribution in [0.1, 0.15) is 18.3 Å². The number of aromatic nitrogens is 5. The molecule has 5 rings (SSSR count). The number of hydrogen-bond donors (Lipinski definition) is 1. The molecule has 156 valence electrons. The summed E-state index contributed by atoms with van der Waals surface area (Å²) in [7, 11) is 1.64. The molecule has 8 nitrogen and oxygen atoms in total. The van der Waals surface area contributed by atoms with Gasteiger partial charge in [0, 0.05) is 36.7 Å². The minimum Gasteiger partial charge on any atom is -0.438 e. The van der Waals surface area contributed by atoms with Gasteiger partial charge in [0.1, 0.15) is 11.4 Å². The standard InChI is InChI=1S/C22H18ClN5O3/c1-3-17-27-22(31-28-17)21-13(11-29-2)19-15(10-25-21)26-14-5-4-6-16(20(14)19)30-18-8-7-12(23)9-24-18/h4-10,26H,3,11H2,1-2H3. The Labute approximate surface area is 182 Å². The number of halogens is 1. The molecule has 4 heterocycles. The lowest BCUT2D eigenvalue weighted by Gasteiger charge is -2.10. The molecule has 0 saturated carbocycles. The summed E-state index contributed by atoms with van der Waals surface area (Å²) in [6.07, 6.45) is 3.97. The van der Waals surface area contributed by atoms with Gasteiger partial charge in [-0.15, -0.1) is 0 Å². The average Bonchev–Trinajstić information content (AvgIpc) is 3.41. The number of pyridine rings is 2. The average molecular weight is 436 g/mol. The second-order valence-corrected chi connectivity index (χ2v) is 7.33. The van der Waals surface area contributed by atoms with Crippen molar-refractivity contribution < 1.29 is 14.0 Å². The second-order valence-electron chi connectivity index (χ2n) is 6.90. The number of fused-ring (bicyclic) bond motifs is 3. The molecule has 0 spiro atoms. The zero-order valence-electron chi connectivity index (χ0n) is 16.8. The van der Waals surface area contributed by atoms with Crippen LogP contribution in [0.4, 0.5) is 0 Å². The molecule has 9 heteroatoms. The van der Waals surface area contributed by atoms with Gasteiger partial charge in [0.2, 0.25) is 5.88 Å². The third kappa shape index (κ3) is 3.49. The van der Waals surface area contributed by atoms with Gasteiger partial charge < -0.3 is 19.0 Å². The van der Waals surface area contributed by atoms with Gasteiger partial charge in [-0.1, -0.05) is 29.7 Å². The molecular weight excluding hydrogens is 418 g/mol. The number of methoxy groups -OCH3 is 1. The summed E-state index contributed by atoms with van der Waals surface area (Å²) in [5.41, 5.74) is 3.17. The van der Waals surface area contributed by atoms with Gasteiger partial charge in [-0.05, 0) is 18.2 Å². The van der Waals surface area contributed by atoms with E-state index in [-0.39, 0.29) is 0 Å². The van der Waals surface area contributed by atoms with E-state index in [0.717, 1.165) is 27.4 Å². The van der Waals surface area contributed by atoms with Crippen LogP contribution in [0.15, 0.2) is 47.2 Å². The maximum absolute atomic E-state index is 6.11. The minimum absolute atomic E-state index is 0.310. The van der Waals surface area contributed by atoms with Crippen LogP contribution in [-0.2, 0) is 17.8 Å². The fourth-order valence-electron chi connectivity index (χ4n) is 3.55. The number of rotatable bonds is 6. The van der Waals surface area contributed by atoms with Crippen molar-refractivity contribution in [1.29, 1.82) is 0 Å². The van der Waals surface area contributed by atoms with E-state index in [1.165, 1.54) is 0 Å². The molecule has 0 aliphatic rings. The van der Waals surface area contributed by atoms with Crippen LogP contribution >= 0.6 is 11.6 Å². The van der Waals surface area contributed by atoms with Crippen LogP contribution in [0.2, 0.25) is 5.02 Å². The van der Waals surface area contributed by atoms with Gasteiger partial charge in [-0.25, -0.2) is 9.97 Å². The van der Waals surface area contributed by atoms with Gasteiger partial charge >= 0.3 is 0 Å². The summed E-state index contributed by atoms with van der Waals surface area (Å²) in [5.74, 6) is 2.07. The number of aromatic amines is 1. The molecule has 0 saturated heterocycles.